The molecule has 14 heavy (non-hydrogen) atoms. The SMILES string of the molecule is CC1=CC(N)c2cc(C)ccc2N1C. The summed E-state index contributed by atoms with van der Waals surface area (Å²) in [4.78, 5) is 2.18. The lowest BCUT2D eigenvalue weighted by Gasteiger charge is -2.30. The van der Waals surface area contributed by atoms with Crippen LogP contribution in [0.1, 0.15) is 24.1 Å². The lowest BCUT2D eigenvalue weighted by molar-refractivity contribution is 0.847. The average Bonchev–Trinajstić information content (AvgIpc) is 2.14. The Morgan fingerprint density at radius 1 is 1.29 bits per heavy atom. The second-order valence-corrected chi connectivity index (χ2v) is 3.96. The van der Waals surface area contributed by atoms with Crippen LogP contribution in [0.2, 0.25) is 0 Å². The number of fused-ring (bicyclic) bond motifs is 1. The zero-order chi connectivity index (χ0) is 10.3. The summed E-state index contributed by atoms with van der Waals surface area (Å²) in [6.45, 7) is 4.18. The lowest BCUT2D eigenvalue weighted by atomic mass is 9.97. The van der Waals surface area contributed by atoms with Crippen molar-refractivity contribution < 1.29 is 0 Å². The van der Waals surface area contributed by atoms with E-state index in [1.807, 2.05) is 0 Å². The van der Waals surface area contributed by atoms with Crippen molar-refractivity contribution in [2.24, 2.45) is 5.73 Å². The highest BCUT2D eigenvalue weighted by Crippen LogP contribution is 2.33. The molecule has 0 saturated heterocycles. The molecule has 0 aromatic heterocycles. The van der Waals surface area contributed by atoms with Crippen LogP contribution in [0.4, 0.5) is 5.69 Å². The number of aryl methyl sites for hydroxylation is 1. The van der Waals surface area contributed by atoms with E-state index in [1.54, 1.807) is 0 Å². The van der Waals surface area contributed by atoms with E-state index in [4.69, 9.17) is 5.73 Å². The van der Waals surface area contributed by atoms with E-state index in [0.29, 0.717) is 0 Å². The minimum Gasteiger partial charge on any atom is -0.348 e. The topological polar surface area (TPSA) is 29.3 Å². The number of hydrogen-bond acceptors (Lipinski definition) is 2. The van der Waals surface area contributed by atoms with Crippen LogP contribution >= 0.6 is 0 Å². The normalized spacial score (nSPS) is 20.4. The Hall–Kier alpha value is -1.28. The van der Waals surface area contributed by atoms with Crippen LogP contribution in [0.15, 0.2) is 30.0 Å². The maximum atomic E-state index is 6.06. The fourth-order valence-corrected chi connectivity index (χ4v) is 1.90. The summed E-state index contributed by atoms with van der Waals surface area (Å²) in [5.41, 5.74) is 11.0. The predicted molar refractivity (Wildman–Crippen MR) is 60.3 cm³/mol. The van der Waals surface area contributed by atoms with Crippen molar-refractivity contribution in [1.82, 2.24) is 0 Å². The van der Waals surface area contributed by atoms with Gasteiger partial charge >= 0.3 is 0 Å². The van der Waals surface area contributed by atoms with Crippen molar-refractivity contribution in [1.29, 1.82) is 0 Å². The number of benzene rings is 1. The molecule has 2 N–H and O–H groups in total. The molecule has 0 saturated carbocycles. The van der Waals surface area contributed by atoms with E-state index >= 15 is 0 Å². The van der Waals surface area contributed by atoms with Gasteiger partial charge in [0.1, 0.15) is 0 Å². The second-order valence-electron chi connectivity index (χ2n) is 3.96. The molecule has 2 rings (SSSR count). The van der Waals surface area contributed by atoms with Crippen LogP contribution in [0.25, 0.3) is 0 Å². The Labute approximate surface area is 85.0 Å². The molecule has 1 atom stereocenters. The van der Waals surface area contributed by atoms with Gasteiger partial charge in [0.25, 0.3) is 0 Å². The Bertz CT molecular complexity index is 393. The zero-order valence-corrected chi connectivity index (χ0v) is 8.91. The highest BCUT2D eigenvalue weighted by atomic mass is 15.1. The van der Waals surface area contributed by atoms with Crippen LogP contribution in [0.5, 0.6) is 0 Å². The highest BCUT2D eigenvalue weighted by molar-refractivity contribution is 5.62. The van der Waals surface area contributed by atoms with E-state index in [9.17, 15) is 0 Å². The number of allylic oxidation sites excluding steroid dienone is 1. The summed E-state index contributed by atoms with van der Waals surface area (Å²) in [6.07, 6.45) is 2.10. The van der Waals surface area contributed by atoms with E-state index in [-0.39, 0.29) is 6.04 Å². The third-order valence-corrected chi connectivity index (χ3v) is 2.85. The largest absolute Gasteiger partial charge is 0.348 e. The van der Waals surface area contributed by atoms with Gasteiger partial charge in [-0.2, -0.15) is 0 Å². The molecule has 1 aliphatic heterocycles. The number of nitrogens with zero attached hydrogens (tertiary/aromatic N) is 1. The molecule has 1 aromatic carbocycles. The Balaban J connectivity index is 2.57. The first-order valence-electron chi connectivity index (χ1n) is 4.88. The minimum absolute atomic E-state index is 0.0427. The molecule has 1 aromatic rings. The molecule has 0 radical (unpaired) electrons. The molecule has 2 heteroatoms. The summed E-state index contributed by atoms with van der Waals surface area (Å²) in [7, 11) is 2.08. The van der Waals surface area contributed by atoms with Crippen molar-refractivity contribution >= 4 is 5.69 Å². The number of rotatable bonds is 0. The molecule has 2 nitrogen and oxygen atoms in total. The third kappa shape index (κ3) is 1.32. The van der Waals surface area contributed by atoms with Crippen LogP contribution in [0.3, 0.4) is 0 Å². The molecule has 0 amide bonds. The first-order chi connectivity index (χ1) is 6.59. The van der Waals surface area contributed by atoms with Crippen molar-refractivity contribution in [3.8, 4) is 0 Å². The molecule has 0 bridgehead atoms. The molecule has 1 aliphatic rings. The highest BCUT2D eigenvalue weighted by Gasteiger charge is 2.18. The predicted octanol–water partition coefficient (Wildman–Crippen LogP) is 2.35. The Kier molecular flexibility index (Phi) is 2.08. The van der Waals surface area contributed by atoms with Crippen molar-refractivity contribution in [2.45, 2.75) is 19.9 Å². The first-order valence-corrected chi connectivity index (χ1v) is 4.88. The lowest BCUT2D eigenvalue weighted by Crippen LogP contribution is -2.25. The molecule has 74 valence electrons. The van der Waals surface area contributed by atoms with E-state index < -0.39 is 0 Å². The average molecular weight is 188 g/mol. The van der Waals surface area contributed by atoms with Crippen molar-refractivity contribution in [3.63, 3.8) is 0 Å². The van der Waals surface area contributed by atoms with Gasteiger partial charge < -0.3 is 10.6 Å². The summed E-state index contributed by atoms with van der Waals surface area (Å²) >= 11 is 0. The van der Waals surface area contributed by atoms with Gasteiger partial charge in [-0.15, -0.1) is 0 Å². The van der Waals surface area contributed by atoms with Gasteiger partial charge in [-0.25, -0.2) is 0 Å². The monoisotopic (exact) mass is 188 g/mol. The van der Waals surface area contributed by atoms with Gasteiger partial charge in [0, 0.05) is 18.4 Å². The Morgan fingerprint density at radius 3 is 2.71 bits per heavy atom. The number of hydrogen-bond donors (Lipinski definition) is 1. The van der Waals surface area contributed by atoms with E-state index in [1.165, 1.54) is 22.5 Å². The van der Waals surface area contributed by atoms with Crippen LogP contribution in [-0.4, -0.2) is 7.05 Å². The summed E-state index contributed by atoms with van der Waals surface area (Å²) in [6, 6.07) is 6.47. The van der Waals surface area contributed by atoms with Crippen LogP contribution in [-0.2, 0) is 0 Å². The van der Waals surface area contributed by atoms with Crippen LogP contribution < -0.4 is 10.6 Å². The quantitative estimate of drug-likeness (QED) is 0.677. The number of anilines is 1. The number of nitrogens with two attached hydrogens (primary N) is 1. The zero-order valence-electron chi connectivity index (χ0n) is 8.91. The van der Waals surface area contributed by atoms with Crippen molar-refractivity contribution in [2.75, 3.05) is 11.9 Å². The maximum Gasteiger partial charge on any atom is 0.0521 e. The van der Waals surface area contributed by atoms with Gasteiger partial charge in [0.2, 0.25) is 0 Å². The summed E-state index contributed by atoms with van der Waals surface area (Å²) in [5, 5.41) is 0. The molecule has 0 fully saturated rings. The Morgan fingerprint density at radius 2 is 2.00 bits per heavy atom. The molecular formula is C12H16N2. The third-order valence-electron chi connectivity index (χ3n) is 2.85. The smallest absolute Gasteiger partial charge is 0.0521 e. The minimum atomic E-state index is 0.0427. The van der Waals surface area contributed by atoms with Gasteiger partial charge in [0.15, 0.2) is 0 Å². The summed E-state index contributed by atoms with van der Waals surface area (Å²) in [5.74, 6) is 0. The van der Waals surface area contributed by atoms with Crippen LogP contribution in [0, 0.1) is 6.92 Å². The van der Waals surface area contributed by atoms with Gasteiger partial charge in [-0.3, -0.25) is 0 Å². The molecule has 0 aliphatic carbocycles. The van der Waals surface area contributed by atoms with Gasteiger partial charge in [-0.05, 0) is 31.6 Å². The fraction of sp³-hybridized carbons (Fsp3) is 0.333. The summed E-state index contributed by atoms with van der Waals surface area (Å²) < 4.78 is 0. The standard InChI is InChI=1S/C12H16N2/c1-8-4-5-12-10(6-8)11(13)7-9(2)14(12)3/h4-7,11H,13H2,1-3H3. The van der Waals surface area contributed by atoms with E-state index in [0.717, 1.165) is 0 Å². The molecule has 1 heterocycles. The van der Waals surface area contributed by atoms with Gasteiger partial charge in [0.05, 0.1) is 6.04 Å². The van der Waals surface area contributed by atoms with Gasteiger partial charge in [-0.1, -0.05) is 17.7 Å². The molecule has 1 unspecified atom stereocenters. The second kappa shape index (κ2) is 3.14. The molecular weight excluding hydrogens is 172 g/mol. The maximum absolute atomic E-state index is 6.06. The first kappa shape index (κ1) is 9.28. The van der Waals surface area contributed by atoms with E-state index in [2.05, 4.69) is 50.1 Å². The fourth-order valence-electron chi connectivity index (χ4n) is 1.90. The van der Waals surface area contributed by atoms with Crippen molar-refractivity contribution in [3.05, 3.63) is 41.1 Å². The molecule has 0 spiro atoms.